The van der Waals surface area contributed by atoms with Crippen LogP contribution in [0.1, 0.15) is 33.6 Å². The minimum Gasteiger partial charge on any atom is -0.381 e. The standard InChI is InChI=1S/C10H23NO3S/c1-4-5-10(8-15(11,12)13)7-14-6-9(2)3/h9-10H,4-8H2,1-3H3,(H2,11,12,13). The molecular weight excluding hydrogens is 214 g/mol. The van der Waals surface area contributed by atoms with Crippen molar-refractivity contribution in [3.8, 4) is 0 Å². The van der Waals surface area contributed by atoms with Crippen molar-refractivity contribution in [3.05, 3.63) is 0 Å². The Labute approximate surface area is 93.2 Å². The number of hydrogen-bond donors (Lipinski definition) is 1. The fourth-order valence-corrected chi connectivity index (χ4v) is 2.34. The third kappa shape index (κ3) is 10.2. The first-order chi connectivity index (χ1) is 6.85. The van der Waals surface area contributed by atoms with Crippen molar-refractivity contribution in [2.45, 2.75) is 33.6 Å². The molecule has 0 radical (unpaired) electrons. The second kappa shape index (κ2) is 7.19. The molecule has 2 N–H and O–H groups in total. The third-order valence-corrected chi connectivity index (χ3v) is 2.91. The van der Waals surface area contributed by atoms with Crippen molar-refractivity contribution in [1.29, 1.82) is 0 Å². The first kappa shape index (κ1) is 14.9. The lowest BCUT2D eigenvalue weighted by atomic mass is 10.1. The highest BCUT2D eigenvalue weighted by Gasteiger charge is 2.15. The smallest absolute Gasteiger partial charge is 0.209 e. The molecule has 0 bridgehead atoms. The summed E-state index contributed by atoms with van der Waals surface area (Å²) in [6.07, 6.45) is 1.79. The molecule has 0 spiro atoms. The van der Waals surface area contributed by atoms with Crippen LogP contribution in [0.3, 0.4) is 0 Å². The van der Waals surface area contributed by atoms with Crippen molar-refractivity contribution in [2.24, 2.45) is 17.0 Å². The number of sulfonamides is 1. The summed E-state index contributed by atoms with van der Waals surface area (Å²) in [5, 5.41) is 5.01. The molecule has 0 fully saturated rings. The SMILES string of the molecule is CCCC(COCC(C)C)CS(N)(=O)=O. The lowest BCUT2D eigenvalue weighted by Crippen LogP contribution is -2.26. The maximum atomic E-state index is 10.9. The summed E-state index contributed by atoms with van der Waals surface area (Å²) in [5.41, 5.74) is 0. The Morgan fingerprint density at radius 3 is 2.27 bits per heavy atom. The van der Waals surface area contributed by atoms with Crippen LogP contribution in [0.2, 0.25) is 0 Å². The molecule has 1 unspecified atom stereocenters. The van der Waals surface area contributed by atoms with Gasteiger partial charge in [-0.2, -0.15) is 0 Å². The van der Waals surface area contributed by atoms with Crippen LogP contribution in [-0.2, 0) is 14.8 Å². The quantitative estimate of drug-likeness (QED) is 0.693. The average Bonchev–Trinajstić information content (AvgIpc) is 2.00. The number of rotatable bonds is 8. The van der Waals surface area contributed by atoms with Crippen LogP contribution in [-0.4, -0.2) is 27.4 Å². The van der Waals surface area contributed by atoms with Crippen LogP contribution in [0.15, 0.2) is 0 Å². The van der Waals surface area contributed by atoms with Gasteiger partial charge in [-0.15, -0.1) is 0 Å². The average molecular weight is 237 g/mol. The highest BCUT2D eigenvalue weighted by atomic mass is 32.2. The van der Waals surface area contributed by atoms with E-state index in [0.29, 0.717) is 19.1 Å². The maximum Gasteiger partial charge on any atom is 0.209 e. The first-order valence-electron chi connectivity index (χ1n) is 5.43. The summed E-state index contributed by atoms with van der Waals surface area (Å²) < 4.78 is 27.3. The van der Waals surface area contributed by atoms with E-state index in [-0.39, 0.29) is 11.7 Å². The van der Waals surface area contributed by atoms with Gasteiger partial charge >= 0.3 is 0 Å². The van der Waals surface area contributed by atoms with Crippen LogP contribution in [0.4, 0.5) is 0 Å². The third-order valence-electron chi connectivity index (χ3n) is 1.97. The summed E-state index contributed by atoms with van der Waals surface area (Å²) in [5.74, 6) is 0.532. The fourth-order valence-electron chi connectivity index (χ4n) is 1.42. The monoisotopic (exact) mass is 237 g/mol. The molecule has 0 aromatic heterocycles. The number of nitrogens with two attached hydrogens (primary N) is 1. The van der Waals surface area contributed by atoms with Gasteiger partial charge in [0.1, 0.15) is 0 Å². The molecule has 4 nitrogen and oxygen atoms in total. The number of primary sulfonamides is 1. The van der Waals surface area contributed by atoms with Gasteiger partial charge in [0, 0.05) is 6.61 Å². The predicted molar refractivity (Wildman–Crippen MR) is 62.0 cm³/mol. The highest BCUT2D eigenvalue weighted by Crippen LogP contribution is 2.09. The second-order valence-corrected chi connectivity index (χ2v) is 6.07. The Morgan fingerprint density at radius 1 is 1.27 bits per heavy atom. The van der Waals surface area contributed by atoms with Crippen molar-refractivity contribution in [1.82, 2.24) is 0 Å². The van der Waals surface area contributed by atoms with E-state index in [0.717, 1.165) is 12.8 Å². The summed E-state index contributed by atoms with van der Waals surface area (Å²) in [4.78, 5) is 0. The second-order valence-electron chi connectivity index (χ2n) is 4.42. The van der Waals surface area contributed by atoms with Gasteiger partial charge in [0.25, 0.3) is 0 Å². The van der Waals surface area contributed by atoms with Gasteiger partial charge < -0.3 is 4.74 Å². The Balaban J connectivity index is 3.94. The summed E-state index contributed by atoms with van der Waals surface area (Å²) in [6.45, 7) is 7.31. The minimum absolute atomic E-state index is 0.0267. The summed E-state index contributed by atoms with van der Waals surface area (Å²) >= 11 is 0. The van der Waals surface area contributed by atoms with Gasteiger partial charge in [0.2, 0.25) is 10.0 Å². The van der Waals surface area contributed by atoms with E-state index in [4.69, 9.17) is 9.88 Å². The van der Waals surface area contributed by atoms with Crippen LogP contribution < -0.4 is 5.14 Å². The summed E-state index contributed by atoms with van der Waals surface area (Å²) in [7, 11) is -3.38. The van der Waals surface area contributed by atoms with E-state index >= 15 is 0 Å². The Morgan fingerprint density at radius 2 is 1.87 bits per heavy atom. The molecular formula is C10H23NO3S. The normalized spacial score (nSPS) is 14.5. The van der Waals surface area contributed by atoms with Crippen molar-refractivity contribution < 1.29 is 13.2 Å². The largest absolute Gasteiger partial charge is 0.381 e. The number of ether oxygens (including phenoxy) is 1. The molecule has 0 heterocycles. The van der Waals surface area contributed by atoms with E-state index in [1.165, 1.54) is 0 Å². The van der Waals surface area contributed by atoms with E-state index in [2.05, 4.69) is 13.8 Å². The molecule has 0 aromatic carbocycles. The lowest BCUT2D eigenvalue weighted by Gasteiger charge is -2.15. The molecule has 5 heteroatoms. The molecule has 0 aliphatic heterocycles. The van der Waals surface area contributed by atoms with Crippen LogP contribution in [0.25, 0.3) is 0 Å². The first-order valence-corrected chi connectivity index (χ1v) is 7.15. The zero-order valence-electron chi connectivity index (χ0n) is 9.90. The van der Waals surface area contributed by atoms with Gasteiger partial charge in [-0.05, 0) is 18.3 Å². The van der Waals surface area contributed by atoms with E-state index in [9.17, 15) is 8.42 Å². The van der Waals surface area contributed by atoms with E-state index < -0.39 is 10.0 Å². The van der Waals surface area contributed by atoms with Crippen molar-refractivity contribution in [3.63, 3.8) is 0 Å². The van der Waals surface area contributed by atoms with E-state index in [1.807, 2.05) is 6.92 Å². The predicted octanol–water partition coefficient (Wildman–Crippen LogP) is 1.36. The zero-order valence-corrected chi connectivity index (χ0v) is 10.7. The molecule has 0 aliphatic rings. The van der Waals surface area contributed by atoms with Crippen LogP contribution in [0.5, 0.6) is 0 Å². The molecule has 0 aliphatic carbocycles. The van der Waals surface area contributed by atoms with Crippen LogP contribution >= 0.6 is 0 Å². The topological polar surface area (TPSA) is 69.4 Å². The number of hydrogen-bond acceptors (Lipinski definition) is 3. The van der Waals surface area contributed by atoms with Gasteiger partial charge in [0.15, 0.2) is 0 Å². The molecule has 0 rings (SSSR count). The highest BCUT2D eigenvalue weighted by molar-refractivity contribution is 7.89. The Hall–Kier alpha value is -0.130. The summed E-state index contributed by atoms with van der Waals surface area (Å²) in [6, 6.07) is 0. The molecule has 0 saturated carbocycles. The van der Waals surface area contributed by atoms with Crippen molar-refractivity contribution in [2.75, 3.05) is 19.0 Å². The maximum absolute atomic E-state index is 10.9. The molecule has 0 aromatic rings. The molecule has 0 saturated heterocycles. The Kier molecular flexibility index (Phi) is 7.13. The fraction of sp³-hybridized carbons (Fsp3) is 1.00. The minimum atomic E-state index is -3.38. The molecule has 1 atom stereocenters. The van der Waals surface area contributed by atoms with Gasteiger partial charge in [0.05, 0.1) is 12.4 Å². The van der Waals surface area contributed by atoms with Gasteiger partial charge in [-0.25, -0.2) is 13.6 Å². The van der Waals surface area contributed by atoms with Gasteiger partial charge in [-0.3, -0.25) is 0 Å². The Bertz CT molecular complexity index is 249. The molecule has 0 amide bonds. The van der Waals surface area contributed by atoms with Crippen LogP contribution in [0, 0.1) is 11.8 Å². The molecule has 92 valence electrons. The lowest BCUT2D eigenvalue weighted by molar-refractivity contribution is 0.0824. The van der Waals surface area contributed by atoms with Gasteiger partial charge in [-0.1, -0.05) is 27.2 Å². The van der Waals surface area contributed by atoms with Crippen molar-refractivity contribution >= 4 is 10.0 Å². The zero-order chi connectivity index (χ0) is 11.9. The molecule has 15 heavy (non-hydrogen) atoms. The van der Waals surface area contributed by atoms with E-state index in [1.54, 1.807) is 0 Å².